The van der Waals surface area contributed by atoms with Gasteiger partial charge in [-0.25, -0.2) is 0 Å². The standard InChI is InChI=1S/C25H26N4O3/c1-15-7-10-18(11-8-15)17(3)26-22(30)5-4-6-23-28-24(29-32-23)20-14-19-12-9-16(2)13-21(19)27-25(20)31/h7-14,17H,4-6H2,1-3H3,(H,26,30)(H,27,31)/t17-/m0/s1. The van der Waals surface area contributed by atoms with Crippen LogP contribution in [0, 0.1) is 13.8 Å². The van der Waals surface area contributed by atoms with Crippen LogP contribution in [0.5, 0.6) is 0 Å². The maximum absolute atomic E-state index is 12.5. The second kappa shape index (κ2) is 9.18. The number of fused-ring (bicyclic) bond motifs is 1. The van der Waals surface area contributed by atoms with E-state index >= 15 is 0 Å². The summed E-state index contributed by atoms with van der Waals surface area (Å²) in [6, 6.07) is 15.7. The summed E-state index contributed by atoms with van der Waals surface area (Å²) < 4.78 is 5.30. The molecule has 0 saturated carbocycles. The van der Waals surface area contributed by atoms with Gasteiger partial charge >= 0.3 is 0 Å². The van der Waals surface area contributed by atoms with E-state index in [1.165, 1.54) is 5.56 Å². The number of carbonyl (C=O) groups is 1. The van der Waals surface area contributed by atoms with Crippen molar-refractivity contribution in [2.24, 2.45) is 0 Å². The van der Waals surface area contributed by atoms with Gasteiger partial charge in [-0.2, -0.15) is 4.98 Å². The average molecular weight is 431 g/mol. The van der Waals surface area contributed by atoms with Gasteiger partial charge in [0.25, 0.3) is 5.56 Å². The molecule has 1 amide bonds. The number of carbonyl (C=O) groups excluding carboxylic acids is 1. The Morgan fingerprint density at radius 3 is 2.62 bits per heavy atom. The highest BCUT2D eigenvalue weighted by molar-refractivity contribution is 5.82. The quantitative estimate of drug-likeness (QED) is 0.453. The number of rotatable bonds is 7. The van der Waals surface area contributed by atoms with Gasteiger partial charge in [-0.3, -0.25) is 9.59 Å². The number of nitrogens with one attached hydrogen (secondary N) is 2. The molecule has 1 atom stereocenters. The molecule has 0 aliphatic carbocycles. The first-order valence-corrected chi connectivity index (χ1v) is 10.7. The van der Waals surface area contributed by atoms with Crippen LogP contribution in [0.4, 0.5) is 0 Å². The van der Waals surface area contributed by atoms with E-state index < -0.39 is 0 Å². The zero-order valence-electron chi connectivity index (χ0n) is 18.4. The van der Waals surface area contributed by atoms with Crippen molar-refractivity contribution in [2.45, 2.75) is 46.1 Å². The molecule has 0 unspecified atom stereocenters. The molecule has 7 nitrogen and oxygen atoms in total. The number of amides is 1. The number of aryl methyl sites for hydroxylation is 3. The Balaban J connectivity index is 1.34. The molecule has 2 aromatic carbocycles. The predicted octanol–water partition coefficient (Wildman–Crippen LogP) is 4.40. The first-order valence-electron chi connectivity index (χ1n) is 10.7. The van der Waals surface area contributed by atoms with Gasteiger partial charge in [0.15, 0.2) is 0 Å². The lowest BCUT2D eigenvalue weighted by atomic mass is 10.1. The van der Waals surface area contributed by atoms with Gasteiger partial charge in [0.2, 0.25) is 17.6 Å². The van der Waals surface area contributed by atoms with E-state index in [0.717, 1.165) is 22.0 Å². The minimum absolute atomic E-state index is 0.0286. The molecule has 0 radical (unpaired) electrons. The fourth-order valence-corrected chi connectivity index (χ4v) is 3.60. The molecule has 2 aromatic heterocycles. The van der Waals surface area contributed by atoms with E-state index in [-0.39, 0.29) is 23.3 Å². The Bertz CT molecular complexity index is 1310. The van der Waals surface area contributed by atoms with Crippen LogP contribution in [0.1, 0.15) is 48.4 Å². The largest absolute Gasteiger partial charge is 0.350 e. The van der Waals surface area contributed by atoms with Crippen LogP contribution in [0.15, 0.2) is 57.8 Å². The predicted molar refractivity (Wildman–Crippen MR) is 123 cm³/mol. The van der Waals surface area contributed by atoms with Gasteiger partial charge < -0.3 is 14.8 Å². The second-order valence-electron chi connectivity index (χ2n) is 8.17. The number of nitrogens with zero attached hydrogens (tertiary/aromatic N) is 2. The number of H-pyrrole nitrogens is 1. The zero-order valence-corrected chi connectivity index (χ0v) is 18.4. The van der Waals surface area contributed by atoms with Gasteiger partial charge in [-0.15, -0.1) is 0 Å². The van der Waals surface area contributed by atoms with Crippen molar-refractivity contribution in [1.82, 2.24) is 20.4 Å². The normalized spacial score (nSPS) is 12.1. The van der Waals surface area contributed by atoms with E-state index in [1.807, 2.05) is 63.2 Å². The van der Waals surface area contributed by atoms with Crippen LogP contribution < -0.4 is 10.9 Å². The van der Waals surface area contributed by atoms with Gasteiger partial charge in [-0.1, -0.05) is 47.1 Å². The van der Waals surface area contributed by atoms with E-state index in [4.69, 9.17) is 4.52 Å². The minimum Gasteiger partial charge on any atom is -0.350 e. The molecule has 0 bridgehead atoms. The molecule has 4 rings (SSSR count). The smallest absolute Gasteiger partial charge is 0.259 e. The van der Waals surface area contributed by atoms with Crippen molar-refractivity contribution in [2.75, 3.05) is 0 Å². The highest BCUT2D eigenvalue weighted by atomic mass is 16.5. The Morgan fingerprint density at radius 1 is 1.09 bits per heavy atom. The Labute approximate surface area is 185 Å². The number of aromatic nitrogens is 3. The average Bonchev–Trinajstić information content (AvgIpc) is 3.22. The molecule has 32 heavy (non-hydrogen) atoms. The molecule has 2 heterocycles. The Kier molecular flexibility index (Phi) is 6.16. The molecule has 0 aliphatic rings. The number of benzene rings is 2. The first kappa shape index (κ1) is 21.5. The van der Waals surface area contributed by atoms with Gasteiger partial charge in [0, 0.05) is 18.4 Å². The van der Waals surface area contributed by atoms with E-state index in [2.05, 4.69) is 20.4 Å². The van der Waals surface area contributed by atoms with Gasteiger partial charge in [0.05, 0.1) is 11.6 Å². The summed E-state index contributed by atoms with van der Waals surface area (Å²) in [7, 11) is 0. The van der Waals surface area contributed by atoms with Crippen molar-refractivity contribution in [3.8, 4) is 11.4 Å². The van der Waals surface area contributed by atoms with Crippen molar-refractivity contribution in [3.63, 3.8) is 0 Å². The first-order chi connectivity index (χ1) is 15.4. The fraction of sp³-hybridized carbons (Fsp3) is 0.280. The van der Waals surface area contributed by atoms with Gasteiger partial charge in [-0.05, 0) is 55.8 Å². The molecule has 4 aromatic rings. The molecular formula is C25H26N4O3. The van der Waals surface area contributed by atoms with E-state index in [9.17, 15) is 9.59 Å². The summed E-state index contributed by atoms with van der Waals surface area (Å²) in [6.45, 7) is 5.97. The highest BCUT2D eigenvalue weighted by Crippen LogP contribution is 2.19. The summed E-state index contributed by atoms with van der Waals surface area (Å²) in [6.07, 6.45) is 1.38. The van der Waals surface area contributed by atoms with Crippen LogP contribution in [-0.2, 0) is 11.2 Å². The zero-order chi connectivity index (χ0) is 22.7. The van der Waals surface area contributed by atoms with Crippen molar-refractivity contribution in [3.05, 3.63) is 81.5 Å². The number of pyridine rings is 1. The van der Waals surface area contributed by atoms with Crippen LogP contribution >= 0.6 is 0 Å². The molecule has 0 fully saturated rings. The molecule has 0 aliphatic heterocycles. The summed E-state index contributed by atoms with van der Waals surface area (Å²) in [5, 5.41) is 7.87. The Morgan fingerprint density at radius 2 is 1.84 bits per heavy atom. The lowest BCUT2D eigenvalue weighted by Gasteiger charge is -2.14. The van der Waals surface area contributed by atoms with Gasteiger partial charge in [0.1, 0.15) is 0 Å². The molecule has 0 spiro atoms. The highest BCUT2D eigenvalue weighted by Gasteiger charge is 2.14. The van der Waals surface area contributed by atoms with Crippen molar-refractivity contribution < 1.29 is 9.32 Å². The van der Waals surface area contributed by atoms with E-state index in [0.29, 0.717) is 30.7 Å². The van der Waals surface area contributed by atoms with Crippen LogP contribution in [0.3, 0.4) is 0 Å². The summed E-state index contributed by atoms with van der Waals surface area (Å²) in [5.41, 5.74) is 4.20. The third-order valence-electron chi connectivity index (χ3n) is 5.46. The maximum atomic E-state index is 12.5. The maximum Gasteiger partial charge on any atom is 0.259 e. The monoisotopic (exact) mass is 430 g/mol. The molecule has 2 N–H and O–H groups in total. The summed E-state index contributed by atoms with van der Waals surface area (Å²) in [5.74, 6) is 0.628. The number of aromatic amines is 1. The fourth-order valence-electron chi connectivity index (χ4n) is 3.60. The number of hydrogen-bond acceptors (Lipinski definition) is 5. The summed E-state index contributed by atoms with van der Waals surface area (Å²) in [4.78, 5) is 32.0. The topological polar surface area (TPSA) is 101 Å². The third-order valence-corrected chi connectivity index (χ3v) is 5.46. The molecule has 0 saturated heterocycles. The number of hydrogen-bond donors (Lipinski definition) is 2. The third kappa shape index (κ3) is 4.94. The lowest BCUT2D eigenvalue weighted by molar-refractivity contribution is -0.121. The Hall–Kier alpha value is -3.74. The summed E-state index contributed by atoms with van der Waals surface area (Å²) >= 11 is 0. The second-order valence-corrected chi connectivity index (χ2v) is 8.17. The minimum atomic E-state index is -0.264. The molecular weight excluding hydrogens is 404 g/mol. The molecule has 7 heteroatoms. The van der Waals surface area contributed by atoms with Crippen molar-refractivity contribution >= 4 is 16.8 Å². The van der Waals surface area contributed by atoms with Crippen LogP contribution in [0.25, 0.3) is 22.3 Å². The van der Waals surface area contributed by atoms with Crippen LogP contribution in [-0.4, -0.2) is 21.0 Å². The van der Waals surface area contributed by atoms with E-state index in [1.54, 1.807) is 6.07 Å². The van der Waals surface area contributed by atoms with Crippen molar-refractivity contribution in [1.29, 1.82) is 0 Å². The SMILES string of the molecule is Cc1ccc([C@H](C)NC(=O)CCCc2nc(-c3cc4ccc(C)cc4[nH]c3=O)no2)cc1. The molecule has 164 valence electrons. The van der Waals surface area contributed by atoms with Crippen LogP contribution in [0.2, 0.25) is 0 Å². The lowest BCUT2D eigenvalue weighted by Crippen LogP contribution is -2.26.